The smallest absolute Gasteiger partial charge is 0.332 e. The first-order valence-electron chi connectivity index (χ1n) is 6.84. The van der Waals surface area contributed by atoms with Gasteiger partial charge in [0.15, 0.2) is 0 Å². The number of likely N-dealkylation sites (tertiary alicyclic amines) is 1. The number of hydrogen-bond acceptors (Lipinski definition) is 5. The minimum absolute atomic E-state index is 0.0164. The highest BCUT2D eigenvalue weighted by molar-refractivity contribution is 5.78. The maximum Gasteiger partial charge on any atom is 0.332 e. The molecule has 0 bridgehead atoms. The van der Waals surface area contributed by atoms with Gasteiger partial charge in [0.25, 0.3) is 0 Å². The highest BCUT2D eigenvalue weighted by Gasteiger charge is 2.23. The minimum atomic E-state index is -0.319. The number of carbonyl (C=O) groups excluding carboxylic acids is 2. The molecule has 6 heteroatoms. The van der Waals surface area contributed by atoms with Gasteiger partial charge in [0.1, 0.15) is 6.61 Å². The molecule has 1 saturated heterocycles. The van der Waals surface area contributed by atoms with Crippen molar-refractivity contribution in [2.45, 2.75) is 19.8 Å². The number of amides is 1. The molecule has 6 nitrogen and oxygen atoms in total. The standard InChI is InChI=1S/C13H24N2O4/c1-3-19-12(16)10-18-9-8-15-6-4-11(5-7-15)13(17)14-2/h11H,3-10H2,1-2H3,(H,14,17). The zero-order valence-corrected chi connectivity index (χ0v) is 11.8. The van der Waals surface area contributed by atoms with Gasteiger partial charge in [-0.2, -0.15) is 0 Å². The largest absolute Gasteiger partial charge is 0.464 e. The van der Waals surface area contributed by atoms with E-state index in [4.69, 9.17) is 9.47 Å². The lowest BCUT2D eigenvalue weighted by Gasteiger charge is -2.30. The molecule has 0 unspecified atom stereocenters. The number of esters is 1. The summed E-state index contributed by atoms with van der Waals surface area (Å²) in [6.45, 7) is 5.29. The first-order valence-corrected chi connectivity index (χ1v) is 6.84. The van der Waals surface area contributed by atoms with E-state index in [1.807, 2.05) is 0 Å². The summed E-state index contributed by atoms with van der Waals surface area (Å²) >= 11 is 0. The van der Waals surface area contributed by atoms with Gasteiger partial charge in [-0.15, -0.1) is 0 Å². The Morgan fingerprint density at radius 2 is 2.00 bits per heavy atom. The molecule has 0 radical (unpaired) electrons. The van der Waals surface area contributed by atoms with E-state index in [9.17, 15) is 9.59 Å². The van der Waals surface area contributed by atoms with Crippen molar-refractivity contribution < 1.29 is 19.1 Å². The average molecular weight is 272 g/mol. The van der Waals surface area contributed by atoms with Crippen molar-refractivity contribution in [1.82, 2.24) is 10.2 Å². The Kier molecular flexibility index (Phi) is 7.43. The van der Waals surface area contributed by atoms with Gasteiger partial charge in [-0.05, 0) is 32.9 Å². The van der Waals surface area contributed by atoms with Crippen molar-refractivity contribution in [2.24, 2.45) is 5.92 Å². The van der Waals surface area contributed by atoms with Gasteiger partial charge in [-0.25, -0.2) is 4.79 Å². The summed E-state index contributed by atoms with van der Waals surface area (Å²) in [5, 5.41) is 2.69. The molecular weight excluding hydrogens is 248 g/mol. The van der Waals surface area contributed by atoms with Crippen LogP contribution in [-0.2, 0) is 19.1 Å². The molecule has 1 fully saturated rings. The van der Waals surface area contributed by atoms with Gasteiger partial charge < -0.3 is 19.7 Å². The Bertz CT molecular complexity index is 288. The number of nitrogens with zero attached hydrogens (tertiary/aromatic N) is 1. The van der Waals surface area contributed by atoms with Gasteiger partial charge in [0.05, 0.1) is 13.2 Å². The van der Waals surface area contributed by atoms with E-state index in [-0.39, 0.29) is 24.4 Å². The Balaban J connectivity index is 2.06. The fraction of sp³-hybridized carbons (Fsp3) is 0.846. The third-order valence-electron chi connectivity index (χ3n) is 3.28. The normalized spacial score (nSPS) is 17.2. The van der Waals surface area contributed by atoms with Crippen molar-refractivity contribution in [3.8, 4) is 0 Å². The number of carbonyl (C=O) groups is 2. The SMILES string of the molecule is CCOC(=O)COCCN1CCC(C(=O)NC)CC1. The van der Waals surface area contributed by atoms with Crippen molar-refractivity contribution in [2.75, 3.05) is 46.5 Å². The summed E-state index contributed by atoms with van der Waals surface area (Å²) in [6, 6.07) is 0. The second-order valence-corrected chi connectivity index (χ2v) is 4.59. The van der Waals surface area contributed by atoms with Crippen LogP contribution in [0.4, 0.5) is 0 Å². The molecule has 1 heterocycles. The topological polar surface area (TPSA) is 67.9 Å². The Morgan fingerprint density at radius 3 is 2.58 bits per heavy atom. The Morgan fingerprint density at radius 1 is 1.32 bits per heavy atom. The lowest BCUT2D eigenvalue weighted by Crippen LogP contribution is -2.40. The fourth-order valence-electron chi connectivity index (χ4n) is 2.17. The quantitative estimate of drug-likeness (QED) is 0.523. The van der Waals surface area contributed by atoms with Crippen LogP contribution in [0.1, 0.15) is 19.8 Å². The van der Waals surface area contributed by atoms with Crippen LogP contribution >= 0.6 is 0 Å². The van der Waals surface area contributed by atoms with E-state index in [2.05, 4.69) is 10.2 Å². The number of nitrogens with one attached hydrogen (secondary N) is 1. The molecule has 1 aliphatic rings. The average Bonchev–Trinajstić information content (AvgIpc) is 2.44. The van der Waals surface area contributed by atoms with Gasteiger partial charge in [-0.1, -0.05) is 0 Å². The van der Waals surface area contributed by atoms with E-state index in [0.29, 0.717) is 13.2 Å². The van der Waals surface area contributed by atoms with Crippen LogP contribution in [0.5, 0.6) is 0 Å². The summed E-state index contributed by atoms with van der Waals surface area (Å²) in [4.78, 5) is 24.8. The highest BCUT2D eigenvalue weighted by Crippen LogP contribution is 2.16. The second kappa shape index (κ2) is 8.87. The zero-order chi connectivity index (χ0) is 14.1. The molecule has 1 rings (SSSR count). The predicted octanol–water partition coefficient (Wildman–Crippen LogP) is 0.0241. The van der Waals surface area contributed by atoms with Crippen LogP contribution in [-0.4, -0.2) is 63.3 Å². The summed E-state index contributed by atoms with van der Waals surface area (Å²) in [6.07, 6.45) is 1.77. The van der Waals surface area contributed by atoms with Crippen molar-refractivity contribution >= 4 is 11.9 Å². The minimum Gasteiger partial charge on any atom is -0.464 e. The van der Waals surface area contributed by atoms with E-state index < -0.39 is 0 Å². The van der Waals surface area contributed by atoms with Crippen LogP contribution in [0.15, 0.2) is 0 Å². The van der Waals surface area contributed by atoms with Crippen LogP contribution < -0.4 is 5.32 Å². The molecule has 0 spiro atoms. The molecule has 0 saturated carbocycles. The Hall–Kier alpha value is -1.14. The number of rotatable bonds is 7. The second-order valence-electron chi connectivity index (χ2n) is 4.59. The Labute approximate surface area is 114 Å². The lowest BCUT2D eigenvalue weighted by molar-refractivity contribution is -0.148. The third kappa shape index (κ3) is 6.02. The van der Waals surface area contributed by atoms with Crippen molar-refractivity contribution in [3.63, 3.8) is 0 Å². The summed E-state index contributed by atoms with van der Waals surface area (Å²) in [5.41, 5.74) is 0. The zero-order valence-electron chi connectivity index (χ0n) is 11.8. The first kappa shape index (κ1) is 15.9. The van der Waals surface area contributed by atoms with Crippen LogP contribution in [0, 0.1) is 5.92 Å². The first-order chi connectivity index (χ1) is 9.17. The molecule has 0 aromatic heterocycles. The van der Waals surface area contributed by atoms with E-state index in [1.165, 1.54) is 0 Å². The highest BCUT2D eigenvalue weighted by atomic mass is 16.6. The summed E-state index contributed by atoms with van der Waals surface area (Å²) < 4.78 is 10.0. The number of ether oxygens (including phenoxy) is 2. The molecule has 0 aliphatic carbocycles. The van der Waals surface area contributed by atoms with Crippen molar-refractivity contribution in [1.29, 1.82) is 0 Å². The molecule has 19 heavy (non-hydrogen) atoms. The van der Waals surface area contributed by atoms with Gasteiger partial charge >= 0.3 is 5.97 Å². The van der Waals surface area contributed by atoms with Gasteiger partial charge in [0.2, 0.25) is 5.91 Å². The molecular formula is C13H24N2O4. The number of hydrogen-bond donors (Lipinski definition) is 1. The van der Waals surface area contributed by atoms with Crippen molar-refractivity contribution in [3.05, 3.63) is 0 Å². The molecule has 0 atom stereocenters. The predicted molar refractivity (Wildman–Crippen MR) is 70.7 cm³/mol. The van der Waals surface area contributed by atoms with Gasteiger partial charge in [-0.3, -0.25) is 4.79 Å². The van der Waals surface area contributed by atoms with E-state index in [0.717, 1.165) is 32.5 Å². The monoisotopic (exact) mass is 272 g/mol. The van der Waals surface area contributed by atoms with Crippen LogP contribution in [0.2, 0.25) is 0 Å². The summed E-state index contributed by atoms with van der Waals surface area (Å²) in [7, 11) is 1.68. The fourth-order valence-corrected chi connectivity index (χ4v) is 2.17. The molecule has 1 N–H and O–H groups in total. The molecule has 0 aromatic carbocycles. The maximum atomic E-state index is 11.5. The molecule has 0 aromatic rings. The number of piperidine rings is 1. The third-order valence-corrected chi connectivity index (χ3v) is 3.28. The molecule has 1 amide bonds. The lowest BCUT2D eigenvalue weighted by atomic mass is 9.96. The summed E-state index contributed by atoms with van der Waals surface area (Å²) in [5.74, 6) is -0.0410. The van der Waals surface area contributed by atoms with E-state index in [1.54, 1.807) is 14.0 Å². The van der Waals surface area contributed by atoms with Crippen LogP contribution in [0.3, 0.4) is 0 Å². The molecule has 110 valence electrons. The van der Waals surface area contributed by atoms with Gasteiger partial charge in [0, 0.05) is 19.5 Å². The maximum absolute atomic E-state index is 11.5. The molecule has 1 aliphatic heterocycles. The van der Waals surface area contributed by atoms with E-state index >= 15 is 0 Å². The van der Waals surface area contributed by atoms with Crippen LogP contribution in [0.25, 0.3) is 0 Å².